The summed E-state index contributed by atoms with van der Waals surface area (Å²) in [7, 11) is 0. The molecule has 4 fully saturated rings. The number of furan rings is 1. The molecule has 0 aliphatic heterocycles. The molecule has 0 N–H and O–H groups in total. The molecular weight excluding hydrogens is 609 g/mol. The van der Waals surface area contributed by atoms with Gasteiger partial charge in [0.2, 0.25) is 0 Å². The highest BCUT2D eigenvalue weighted by Gasteiger charge is 2.63. The van der Waals surface area contributed by atoms with E-state index in [-0.39, 0.29) is 0 Å². The third-order valence-corrected chi connectivity index (χ3v) is 12.5. The number of rotatable bonds is 7. The maximum Gasteiger partial charge on any atom is 0.137 e. The van der Waals surface area contributed by atoms with Gasteiger partial charge in [-0.3, -0.25) is 0 Å². The zero-order valence-electron chi connectivity index (χ0n) is 28.6. The molecule has 3 bridgehead atoms. The van der Waals surface area contributed by atoms with E-state index >= 15 is 0 Å². The van der Waals surface area contributed by atoms with E-state index in [1.165, 1.54) is 44.2 Å². The van der Waals surface area contributed by atoms with E-state index in [2.05, 4.69) is 162 Å². The van der Waals surface area contributed by atoms with Crippen LogP contribution in [0, 0.1) is 17.3 Å². The van der Waals surface area contributed by atoms with Crippen LogP contribution < -0.4 is 9.80 Å². The van der Waals surface area contributed by atoms with E-state index in [0.29, 0.717) is 10.8 Å². The summed E-state index contributed by atoms with van der Waals surface area (Å²) < 4.78 is 6.35. The fourth-order valence-electron chi connectivity index (χ4n) is 10.4. The maximum absolute atomic E-state index is 6.35. The maximum atomic E-state index is 6.35. The van der Waals surface area contributed by atoms with Crippen LogP contribution in [0.3, 0.4) is 0 Å². The van der Waals surface area contributed by atoms with Crippen molar-refractivity contribution in [3.05, 3.63) is 157 Å². The summed E-state index contributed by atoms with van der Waals surface area (Å²) in [5.74, 6) is 1.79. The Bertz CT molecular complexity index is 2320. The Morgan fingerprint density at radius 2 is 1.14 bits per heavy atom. The molecule has 4 aliphatic rings. The Balaban J connectivity index is 1.08. The Morgan fingerprint density at radius 1 is 0.540 bits per heavy atom. The molecule has 1 spiro atoms. The van der Waals surface area contributed by atoms with E-state index in [4.69, 9.17) is 4.42 Å². The number of benzene rings is 6. The fourth-order valence-corrected chi connectivity index (χ4v) is 10.4. The first-order chi connectivity index (χ1) is 24.6. The second-order valence-corrected chi connectivity index (χ2v) is 15.4. The number of hydrogen-bond donors (Lipinski definition) is 0. The number of anilines is 6. The van der Waals surface area contributed by atoms with Gasteiger partial charge in [0.15, 0.2) is 0 Å². The molecule has 0 amide bonds. The molecule has 1 aromatic heterocycles. The van der Waals surface area contributed by atoms with E-state index in [9.17, 15) is 0 Å². The van der Waals surface area contributed by atoms with E-state index in [0.717, 1.165) is 62.2 Å². The van der Waals surface area contributed by atoms with Crippen LogP contribution in [0.15, 0.2) is 156 Å². The highest BCUT2D eigenvalue weighted by atomic mass is 16.3. The van der Waals surface area contributed by atoms with Crippen molar-refractivity contribution in [2.45, 2.75) is 50.9 Å². The predicted octanol–water partition coefficient (Wildman–Crippen LogP) is 13.4. The van der Waals surface area contributed by atoms with E-state index in [1.54, 1.807) is 5.56 Å². The van der Waals surface area contributed by atoms with Crippen molar-refractivity contribution in [2.75, 3.05) is 9.80 Å². The molecule has 4 saturated carbocycles. The molecule has 11 rings (SSSR count). The average Bonchev–Trinajstić information content (AvgIpc) is 3.54. The highest BCUT2D eigenvalue weighted by Crippen LogP contribution is 2.71. The van der Waals surface area contributed by atoms with Crippen LogP contribution in [0.5, 0.6) is 0 Å². The summed E-state index contributed by atoms with van der Waals surface area (Å²) in [5.41, 5.74) is 11.0. The molecule has 0 radical (unpaired) electrons. The van der Waals surface area contributed by atoms with E-state index < -0.39 is 0 Å². The quantitative estimate of drug-likeness (QED) is 0.171. The molecular formula is C47H42N2O. The number of para-hydroxylation sites is 3. The van der Waals surface area contributed by atoms with Gasteiger partial charge < -0.3 is 14.2 Å². The summed E-state index contributed by atoms with van der Waals surface area (Å²) in [6.45, 7) is 2.52. The third-order valence-electron chi connectivity index (χ3n) is 12.5. The van der Waals surface area contributed by atoms with Gasteiger partial charge in [-0.15, -0.1) is 0 Å². The van der Waals surface area contributed by atoms with E-state index in [1.807, 2.05) is 6.07 Å². The minimum absolute atomic E-state index is 0.377. The minimum atomic E-state index is 0.377. The molecule has 50 heavy (non-hydrogen) atoms. The summed E-state index contributed by atoms with van der Waals surface area (Å²) in [6, 6.07) is 54.8. The third kappa shape index (κ3) is 4.63. The van der Waals surface area contributed by atoms with Crippen molar-refractivity contribution in [3.63, 3.8) is 0 Å². The van der Waals surface area contributed by atoms with Crippen LogP contribution >= 0.6 is 0 Å². The van der Waals surface area contributed by atoms with Crippen LogP contribution in [-0.4, -0.2) is 0 Å². The van der Waals surface area contributed by atoms with Gasteiger partial charge in [-0.2, -0.15) is 0 Å². The summed E-state index contributed by atoms with van der Waals surface area (Å²) in [4.78, 5) is 4.77. The van der Waals surface area contributed by atoms with Gasteiger partial charge in [0.05, 0.1) is 11.1 Å². The van der Waals surface area contributed by atoms with Gasteiger partial charge in [-0.05, 0) is 133 Å². The second kappa shape index (κ2) is 11.4. The second-order valence-electron chi connectivity index (χ2n) is 15.4. The van der Waals surface area contributed by atoms with Crippen LogP contribution in [0.1, 0.15) is 51.0 Å². The Kier molecular flexibility index (Phi) is 6.74. The lowest BCUT2D eigenvalue weighted by Crippen LogP contribution is -2.60. The van der Waals surface area contributed by atoms with Crippen molar-refractivity contribution >= 4 is 56.1 Å². The highest BCUT2D eigenvalue weighted by molar-refractivity contribution is 6.13. The first-order valence-corrected chi connectivity index (χ1v) is 18.4. The zero-order chi connectivity index (χ0) is 33.3. The monoisotopic (exact) mass is 650 g/mol. The normalized spacial score (nSPS) is 23.8. The van der Waals surface area contributed by atoms with Gasteiger partial charge in [-0.25, -0.2) is 0 Å². The smallest absolute Gasteiger partial charge is 0.137 e. The molecule has 0 saturated heterocycles. The number of nitrogens with zero attached hydrogens (tertiary/aromatic N) is 2. The molecule has 1 heterocycles. The molecule has 3 nitrogen and oxygen atoms in total. The van der Waals surface area contributed by atoms with Crippen molar-refractivity contribution in [3.8, 4) is 0 Å². The van der Waals surface area contributed by atoms with Gasteiger partial charge in [-0.1, -0.05) is 92.2 Å². The zero-order valence-corrected chi connectivity index (χ0v) is 28.6. The van der Waals surface area contributed by atoms with Crippen molar-refractivity contribution in [2.24, 2.45) is 17.3 Å². The molecule has 7 aromatic rings. The Labute approximate surface area is 294 Å². The molecule has 6 aromatic carbocycles. The summed E-state index contributed by atoms with van der Waals surface area (Å²) >= 11 is 0. The lowest BCUT2D eigenvalue weighted by atomic mass is 9.36. The van der Waals surface area contributed by atoms with Gasteiger partial charge in [0.25, 0.3) is 0 Å². The van der Waals surface area contributed by atoms with Crippen LogP contribution in [0.4, 0.5) is 34.1 Å². The summed E-state index contributed by atoms with van der Waals surface area (Å²) in [5, 5.41) is 2.24. The van der Waals surface area contributed by atoms with Crippen LogP contribution in [0.2, 0.25) is 0 Å². The minimum Gasteiger partial charge on any atom is -0.456 e. The van der Waals surface area contributed by atoms with Crippen LogP contribution in [-0.2, 0) is 5.41 Å². The van der Waals surface area contributed by atoms with Crippen LogP contribution in [0.25, 0.3) is 21.9 Å². The molecule has 1 unspecified atom stereocenters. The molecule has 246 valence electrons. The van der Waals surface area contributed by atoms with Gasteiger partial charge in [0.1, 0.15) is 11.2 Å². The lowest BCUT2D eigenvalue weighted by molar-refractivity contribution is -0.132. The first kappa shape index (κ1) is 29.6. The van der Waals surface area contributed by atoms with Gasteiger partial charge >= 0.3 is 0 Å². The molecule has 2 atom stereocenters. The SMILES string of the molecule is C[C@H]1CCC2CC3(c4ccc(N(c5ccccc5)c5cccc(N(c6ccccc6)c6cccc7oc8ccccc8c67)c5)cc4)CC1(C2)C3. The van der Waals surface area contributed by atoms with Crippen molar-refractivity contribution in [1.29, 1.82) is 0 Å². The largest absolute Gasteiger partial charge is 0.456 e. The average molecular weight is 651 g/mol. The molecule has 3 heteroatoms. The Hall–Kier alpha value is -5.28. The number of fused-ring (bicyclic) bond motifs is 3. The standard InChI is InChI=1S/C47H42N2O/c1-33-22-23-34-29-46(33)31-47(30-34,32-46)35-24-26-38(27-25-35)48(36-12-4-2-5-13-36)39-16-10-17-40(28-39)49(37-14-6-3-7-15-37)42-19-11-21-44-45(42)41-18-8-9-20-43(41)50-44/h2-21,24-28,33-34H,22-23,29-32H2,1H3/t33-,34?,46?,47?/m0/s1. The van der Waals surface area contributed by atoms with Crippen molar-refractivity contribution in [1.82, 2.24) is 0 Å². The van der Waals surface area contributed by atoms with Gasteiger partial charge in [0, 0.05) is 33.8 Å². The lowest BCUT2D eigenvalue weighted by Gasteiger charge is -2.68. The predicted molar refractivity (Wildman–Crippen MR) is 208 cm³/mol. The number of hydrogen-bond acceptors (Lipinski definition) is 3. The fraction of sp³-hybridized carbons (Fsp3) is 0.234. The Morgan fingerprint density at radius 3 is 1.90 bits per heavy atom. The van der Waals surface area contributed by atoms with Crippen molar-refractivity contribution < 1.29 is 4.42 Å². The molecule has 4 aliphatic carbocycles. The first-order valence-electron chi connectivity index (χ1n) is 18.4. The summed E-state index contributed by atoms with van der Waals surface area (Å²) in [6.07, 6.45) is 8.47. The topological polar surface area (TPSA) is 19.6 Å².